The van der Waals surface area contributed by atoms with Crippen molar-refractivity contribution in [3.05, 3.63) is 40.7 Å². The van der Waals surface area contributed by atoms with Gasteiger partial charge in [-0.15, -0.1) is 11.8 Å². The monoisotopic (exact) mass is 535 g/mol. The number of oxime groups is 1. The van der Waals surface area contributed by atoms with Crippen molar-refractivity contribution in [3.8, 4) is 0 Å². The molecule has 4 N–H and O–H groups in total. The second-order valence-electron chi connectivity index (χ2n) is 7.64. The Morgan fingerprint density at radius 1 is 1.46 bits per heavy atom. The fourth-order valence-electron chi connectivity index (χ4n) is 4.00. The quantitative estimate of drug-likeness (QED) is 0.161. The first-order valence-corrected chi connectivity index (χ1v) is 12.9. The summed E-state index contributed by atoms with van der Waals surface area (Å²) in [7, 11) is 1.26. The normalized spacial score (nSPS) is 20.1. The third-order valence-electron chi connectivity index (χ3n) is 5.59. The van der Waals surface area contributed by atoms with Gasteiger partial charge in [0.15, 0.2) is 10.8 Å². The average molecular weight is 536 g/mol. The van der Waals surface area contributed by atoms with Crippen LogP contribution in [0.2, 0.25) is 0 Å². The molecule has 5 rings (SSSR count). The minimum absolute atomic E-state index is 0.0277. The molecular formula is C19H19N8O5S3+. The lowest BCUT2D eigenvalue weighted by Gasteiger charge is -2.49. The number of amides is 2. The van der Waals surface area contributed by atoms with Crippen LogP contribution >= 0.6 is 34.6 Å². The van der Waals surface area contributed by atoms with Crippen LogP contribution in [-0.2, 0) is 25.8 Å². The molecule has 2 aliphatic heterocycles. The molecule has 2 amide bonds. The van der Waals surface area contributed by atoms with Gasteiger partial charge < -0.3 is 21.0 Å². The third kappa shape index (κ3) is 3.92. The van der Waals surface area contributed by atoms with Gasteiger partial charge in [-0.25, -0.2) is 9.36 Å². The van der Waals surface area contributed by atoms with Crippen molar-refractivity contribution in [2.24, 2.45) is 5.16 Å². The number of aryl methyl sites for hydroxylation is 1. The van der Waals surface area contributed by atoms with E-state index in [1.54, 1.807) is 11.3 Å². The predicted octanol–water partition coefficient (Wildman–Crippen LogP) is -0.180. The molecule has 5 heterocycles. The Bertz CT molecular complexity index is 1420. The van der Waals surface area contributed by atoms with Crippen molar-refractivity contribution in [1.82, 2.24) is 24.1 Å². The van der Waals surface area contributed by atoms with Gasteiger partial charge in [-0.2, -0.15) is 13.8 Å². The Balaban J connectivity index is 1.37. The lowest BCUT2D eigenvalue weighted by Crippen LogP contribution is -2.71. The highest BCUT2D eigenvalue weighted by molar-refractivity contribution is 8.00. The molecule has 2 aliphatic rings. The molecule has 3 aromatic rings. The molecule has 1 saturated heterocycles. The molecule has 2 atom stereocenters. The summed E-state index contributed by atoms with van der Waals surface area (Å²) in [6.07, 6.45) is 3.84. The summed E-state index contributed by atoms with van der Waals surface area (Å²) in [6, 6.07) is -0.935. The summed E-state index contributed by atoms with van der Waals surface area (Å²) >= 11 is 3.87. The number of thiazole rings is 1. The molecule has 16 heteroatoms. The van der Waals surface area contributed by atoms with Crippen molar-refractivity contribution in [2.45, 2.75) is 24.9 Å². The molecule has 0 bridgehead atoms. The molecule has 0 saturated carbocycles. The van der Waals surface area contributed by atoms with E-state index in [0.717, 1.165) is 22.1 Å². The largest absolute Gasteiger partial charge is 0.477 e. The first kappa shape index (κ1) is 23.3. The number of carbonyl (C=O) groups excluding carboxylic acids is 2. The zero-order chi connectivity index (χ0) is 24.9. The van der Waals surface area contributed by atoms with Crippen LogP contribution in [0.5, 0.6) is 0 Å². The van der Waals surface area contributed by atoms with Crippen molar-refractivity contribution in [2.75, 3.05) is 18.6 Å². The number of aliphatic carboxylic acids is 1. The molecule has 0 aromatic carbocycles. The van der Waals surface area contributed by atoms with Crippen LogP contribution in [0.25, 0.3) is 4.83 Å². The van der Waals surface area contributed by atoms with Gasteiger partial charge in [0.2, 0.25) is 22.7 Å². The number of fused-ring (bicyclic) bond motifs is 2. The Labute approximate surface area is 210 Å². The van der Waals surface area contributed by atoms with Crippen molar-refractivity contribution in [1.29, 1.82) is 0 Å². The summed E-state index contributed by atoms with van der Waals surface area (Å²) in [6.45, 7) is 2.31. The number of hydrogen-bond donors (Lipinski definition) is 3. The summed E-state index contributed by atoms with van der Waals surface area (Å²) < 4.78 is 7.90. The van der Waals surface area contributed by atoms with Crippen LogP contribution in [0.1, 0.15) is 11.5 Å². The van der Waals surface area contributed by atoms with Gasteiger partial charge in [-0.1, -0.05) is 16.5 Å². The molecule has 35 heavy (non-hydrogen) atoms. The topological polar surface area (TPSA) is 169 Å². The maximum Gasteiger partial charge on any atom is 0.352 e. The number of nitrogens with zero attached hydrogens (tertiary/aromatic N) is 6. The number of carboxylic acid groups (broad SMARTS) is 1. The summed E-state index contributed by atoms with van der Waals surface area (Å²) in [5, 5.41) is 17.8. The standard InChI is InChI=1S/C19H18N8O5S3/c1-8-16-25(3-4-33-16)7-26(8)5-9-6-34-17-11(15(29)27(17)12(9)18(30)31)21-14(28)10(23-32-2)13-22-19(20)35-24-13/h3-4,7,11,17H,5-6H2,1-2H3,(H3-,20,21,22,24,28,30,31)/p+1/b23-10-/t11-,17-/m1/s1. The molecule has 0 unspecified atom stereocenters. The molecule has 0 aliphatic carbocycles. The Morgan fingerprint density at radius 3 is 2.91 bits per heavy atom. The number of aromatic nitrogens is 4. The smallest absolute Gasteiger partial charge is 0.352 e. The van der Waals surface area contributed by atoms with Gasteiger partial charge in [0, 0.05) is 35.2 Å². The highest BCUT2D eigenvalue weighted by Crippen LogP contribution is 2.41. The van der Waals surface area contributed by atoms with Gasteiger partial charge in [0.05, 0.1) is 0 Å². The predicted molar refractivity (Wildman–Crippen MR) is 128 cm³/mol. The van der Waals surface area contributed by atoms with E-state index in [2.05, 4.69) is 19.8 Å². The zero-order valence-corrected chi connectivity index (χ0v) is 20.8. The van der Waals surface area contributed by atoms with E-state index < -0.39 is 29.2 Å². The maximum absolute atomic E-state index is 13.0. The summed E-state index contributed by atoms with van der Waals surface area (Å²) in [5.41, 5.74) is 6.93. The number of nitrogens with one attached hydrogen (secondary N) is 1. The van der Waals surface area contributed by atoms with E-state index in [9.17, 15) is 19.5 Å². The van der Waals surface area contributed by atoms with Gasteiger partial charge in [0.25, 0.3) is 11.8 Å². The number of nitrogen functional groups attached to an aromatic ring is 1. The number of β-lactam (4-membered cyclic amide) rings is 1. The number of imidazole rings is 1. The zero-order valence-electron chi connectivity index (χ0n) is 18.4. The maximum atomic E-state index is 13.0. The van der Waals surface area contributed by atoms with Crippen LogP contribution in [0.4, 0.5) is 5.13 Å². The number of anilines is 1. The first-order valence-electron chi connectivity index (χ1n) is 10.2. The minimum atomic E-state index is -1.19. The van der Waals surface area contributed by atoms with Gasteiger partial charge in [-0.3, -0.25) is 14.5 Å². The molecule has 182 valence electrons. The lowest BCUT2D eigenvalue weighted by atomic mass is 10.0. The van der Waals surface area contributed by atoms with Crippen molar-refractivity contribution in [3.63, 3.8) is 0 Å². The van der Waals surface area contributed by atoms with Crippen molar-refractivity contribution < 1.29 is 28.7 Å². The van der Waals surface area contributed by atoms with Crippen LogP contribution in [0.15, 0.2) is 34.3 Å². The number of thioether (sulfide) groups is 1. The number of carbonyl (C=O) groups is 3. The second kappa shape index (κ2) is 8.94. The van der Waals surface area contributed by atoms with Crippen LogP contribution in [-0.4, -0.2) is 71.7 Å². The van der Waals surface area contributed by atoms with Crippen LogP contribution in [0.3, 0.4) is 0 Å². The van der Waals surface area contributed by atoms with Crippen molar-refractivity contribution >= 4 is 68.1 Å². The SMILES string of the molecule is CO/N=C(\C(=O)N[C@@H]1C(=O)N2C(C(=O)O)=C(Cn3c[n+]4ccsc4c3C)CS[C@H]12)c1nsc(N)n1. The van der Waals surface area contributed by atoms with E-state index in [1.807, 2.05) is 33.8 Å². The fourth-order valence-corrected chi connectivity index (χ4v) is 6.61. The number of nitrogens with two attached hydrogens (primary N) is 1. The minimum Gasteiger partial charge on any atom is -0.477 e. The third-order valence-corrected chi connectivity index (χ3v) is 8.46. The molecule has 0 spiro atoms. The number of carboxylic acids is 1. The highest BCUT2D eigenvalue weighted by Gasteiger charge is 2.54. The van der Waals surface area contributed by atoms with E-state index in [1.165, 1.54) is 23.8 Å². The molecule has 3 aromatic heterocycles. The lowest BCUT2D eigenvalue weighted by molar-refractivity contribution is -0.508. The van der Waals surface area contributed by atoms with Gasteiger partial charge >= 0.3 is 5.97 Å². The molecule has 1 fully saturated rings. The van der Waals surface area contributed by atoms with E-state index in [0.29, 0.717) is 17.9 Å². The highest BCUT2D eigenvalue weighted by atomic mass is 32.2. The summed E-state index contributed by atoms with van der Waals surface area (Å²) in [4.78, 5) is 49.0. The van der Waals surface area contributed by atoms with Crippen LogP contribution in [0, 0.1) is 6.92 Å². The molecule has 0 radical (unpaired) electrons. The average Bonchev–Trinajstić information content (AvgIpc) is 3.54. The Morgan fingerprint density at radius 2 is 2.26 bits per heavy atom. The molecular weight excluding hydrogens is 516 g/mol. The fraction of sp³-hybridized carbons (Fsp3) is 0.316. The van der Waals surface area contributed by atoms with E-state index in [4.69, 9.17) is 10.6 Å². The van der Waals surface area contributed by atoms with Crippen LogP contribution < -0.4 is 15.5 Å². The van der Waals surface area contributed by atoms with E-state index in [-0.39, 0.29) is 22.4 Å². The number of rotatable bonds is 7. The molecule has 13 nitrogen and oxygen atoms in total. The Hall–Kier alpha value is -3.50. The van der Waals surface area contributed by atoms with Gasteiger partial charge in [0.1, 0.15) is 37.0 Å². The van der Waals surface area contributed by atoms with E-state index >= 15 is 0 Å². The first-order chi connectivity index (χ1) is 16.8. The summed E-state index contributed by atoms with van der Waals surface area (Å²) in [5.74, 6) is -2.07. The number of hydrogen-bond acceptors (Lipinski definition) is 11. The Kier molecular flexibility index (Phi) is 5.94. The second-order valence-corrected chi connectivity index (χ2v) is 10.4. The van der Waals surface area contributed by atoms with Gasteiger partial charge in [-0.05, 0) is 0 Å².